The zero-order chi connectivity index (χ0) is 18.0. The van der Waals surface area contributed by atoms with Crippen LogP contribution in [-0.4, -0.2) is 21.5 Å². The van der Waals surface area contributed by atoms with Crippen LogP contribution in [0.25, 0.3) is 10.9 Å². The van der Waals surface area contributed by atoms with E-state index in [1.807, 2.05) is 12.1 Å². The fourth-order valence-corrected chi connectivity index (χ4v) is 2.74. The van der Waals surface area contributed by atoms with Crippen LogP contribution in [0.3, 0.4) is 0 Å². The van der Waals surface area contributed by atoms with Gasteiger partial charge in [0.15, 0.2) is 5.92 Å². The molecule has 25 heavy (non-hydrogen) atoms. The van der Waals surface area contributed by atoms with E-state index in [1.54, 1.807) is 48.1 Å². The number of nitrogens with zero attached hydrogens (tertiary/aromatic N) is 3. The van der Waals surface area contributed by atoms with E-state index in [0.29, 0.717) is 16.1 Å². The van der Waals surface area contributed by atoms with E-state index in [1.165, 1.54) is 6.07 Å². The Morgan fingerprint density at radius 1 is 1.24 bits per heavy atom. The van der Waals surface area contributed by atoms with E-state index < -0.39 is 17.6 Å². The Balaban J connectivity index is 1.91. The number of amides is 1. The van der Waals surface area contributed by atoms with E-state index in [0.717, 1.165) is 5.52 Å². The van der Waals surface area contributed by atoms with Crippen LogP contribution in [0.4, 0.5) is 5.69 Å². The second-order valence-electron chi connectivity index (χ2n) is 5.42. The van der Waals surface area contributed by atoms with Gasteiger partial charge in [0.25, 0.3) is 0 Å². The van der Waals surface area contributed by atoms with Crippen molar-refractivity contribution < 1.29 is 9.59 Å². The number of carbonyl (C=O) groups is 2. The molecular weight excluding hydrogens is 340 g/mol. The summed E-state index contributed by atoms with van der Waals surface area (Å²) in [6.45, 7) is 0. The van der Waals surface area contributed by atoms with Gasteiger partial charge in [-0.2, -0.15) is 10.4 Å². The number of Topliss-reactive ketones (excluding diaryl/α,β-unsaturated/α-hetero) is 1. The summed E-state index contributed by atoms with van der Waals surface area (Å²) < 4.78 is 1.55. The number of hydrogen-bond donors (Lipinski definition) is 1. The first-order chi connectivity index (χ1) is 12.0. The normalized spacial score (nSPS) is 11.7. The maximum Gasteiger partial charge on any atom is 0.249 e. The van der Waals surface area contributed by atoms with Crippen LogP contribution in [0.1, 0.15) is 10.5 Å². The third-order valence-corrected chi connectivity index (χ3v) is 3.97. The number of hydrogen-bond acceptors (Lipinski definition) is 4. The van der Waals surface area contributed by atoms with Crippen molar-refractivity contribution in [3.05, 3.63) is 59.2 Å². The van der Waals surface area contributed by atoms with Gasteiger partial charge >= 0.3 is 0 Å². The summed E-state index contributed by atoms with van der Waals surface area (Å²) in [5.74, 6) is -2.86. The minimum Gasteiger partial charge on any atom is -0.324 e. The third kappa shape index (κ3) is 3.23. The molecule has 0 radical (unpaired) electrons. The number of aryl methyl sites for hydroxylation is 1. The molecule has 0 aliphatic rings. The SMILES string of the molecule is Cn1nc(C(=O)C(C#N)C(=O)Nc2cccc(Cl)c2)c2ccccc21. The Labute approximate surface area is 148 Å². The van der Waals surface area contributed by atoms with Crippen molar-refractivity contribution in [3.63, 3.8) is 0 Å². The zero-order valence-electron chi connectivity index (χ0n) is 13.2. The summed E-state index contributed by atoms with van der Waals surface area (Å²) in [5.41, 5.74) is 1.26. The highest BCUT2D eigenvalue weighted by Crippen LogP contribution is 2.21. The number of anilines is 1. The lowest BCUT2D eigenvalue weighted by atomic mass is 10.00. The number of nitriles is 1. The quantitative estimate of drug-likeness (QED) is 0.577. The van der Waals surface area contributed by atoms with E-state index in [-0.39, 0.29) is 5.69 Å². The smallest absolute Gasteiger partial charge is 0.249 e. The van der Waals surface area contributed by atoms with Crippen molar-refractivity contribution >= 4 is 39.9 Å². The summed E-state index contributed by atoms with van der Waals surface area (Å²) in [4.78, 5) is 25.1. The maximum atomic E-state index is 12.7. The molecule has 0 aliphatic heterocycles. The van der Waals surface area contributed by atoms with Gasteiger partial charge in [0.1, 0.15) is 5.69 Å². The van der Waals surface area contributed by atoms with Crippen LogP contribution < -0.4 is 5.32 Å². The average Bonchev–Trinajstić information content (AvgIpc) is 2.93. The van der Waals surface area contributed by atoms with Crippen molar-refractivity contribution in [2.45, 2.75) is 0 Å². The number of aromatic nitrogens is 2. The molecule has 1 unspecified atom stereocenters. The summed E-state index contributed by atoms with van der Waals surface area (Å²) >= 11 is 5.87. The van der Waals surface area contributed by atoms with Crippen LogP contribution in [0, 0.1) is 17.2 Å². The van der Waals surface area contributed by atoms with Crippen LogP contribution in [-0.2, 0) is 11.8 Å². The molecule has 0 saturated carbocycles. The average molecular weight is 353 g/mol. The van der Waals surface area contributed by atoms with Crippen molar-refractivity contribution in [2.75, 3.05) is 5.32 Å². The van der Waals surface area contributed by atoms with Crippen molar-refractivity contribution in [2.24, 2.45) is 13.0 Å². The molecule has 0 aliphatic carbocycles. The van der Waals surface area contributed by atoms with Crippen LogP contribution in [0.15, 0.2) is 48.5 Å². The number of fused-ring (bicyclic) bond motifs is 1. The van der Waals surface area contributed by atoms with Crippen molar-refractivity contribution in [1.29, 1.82) is 5.26 Å². The second-order valence-corrected chi connectivity index (χ2v) is 5.85. The van der Waals surface area contributed by atoms with E-state index in [2.05, 4.69) is 10.4 Å². The molecule has 6 nitrogen and oxygen atoms in total. The van der Waals surface area contributed by atoms with Gasteiger partial charge < -0.3 is 5.32 Å². The Kier molecular flexibility index (Phi) is 4.50. The lowest BCUT2D eigenvalue weighted by Crippen LogP contribution is -2.29. The minimum atomic E-state index is -1.50. The highest BCUT2D eigenvalue weighted by atomic mass is 35.5. The molecule has 3 rings (SSSR count). The zero-order valence-corrected chi connectivity index (χ0v) is 14.0. The molecule has 1 N–H and O–H groups in total. The number of rotatable bonds is 4. The lowest BCUT2D eigenvalue weighted by molar-refractivity contribution is -0.117. The number of halogens is 1. The van der Waals surface area contributed by atoms with Gasteiger partial charge in [-0.1, -0.05) is 35.9 Å². The molecule has 0 saturated heterocycles. The largest absolute Gasteiger partial charge is 0.324 e. The highest BCUT2D eigenvalue weighted by molar-refractivity contribution is 6.31. The van der Waals surface area contributed by atoms with E-state index >= 15 is 0 Å². The van der Waals surface area contributed by atoms with Crippen molar-refractivity contribution in [1.82, 2.24) is 9.78 Å². The van der Waals surface area contributed by atoms with Gasteiger partial charge in [0, 0.05) is 23.1 Å². The topological polar surface area (TPSA) is 87.8 Å². The molecule has 0 bridgehead atoms. The number of para-hydroxylation sites is 1. The van der Waals surface area contributed by atoms with Gasteiger partial charge in [-0.05, 0) is 24.3 Å². The molecule has 1 amide bonds. The number of carbonyl (C=O) groups excluding carboxylic acids is 2. The molecule has 3 aromatic rings. The van der Waals surface area contributed by atoms with Crippen LogP contribution in [0.5, 0.6) is 0 Å². The molecule has 2 aromatic carbocycles. The predicted molar refractivity (Wildman–Crippen MR) is 94.2 cm³/mol. The van der Waals surface area contributed by atoms with Crippen LogP contribution in [0.2, 0.25) is 5.02 Å². The first kappa shape index (κ1) is 16.7. The first-order valence-corrected chi connectivity index (χ1v) is 7.81. The van der Waals surface area contributed by atoms with Gasteiger partial charge in [-0.15, -0.1) is 0 Å². The van der Waals surface area contributed by atoms with Gasteiger partial charge in [-0.25, -0.2) is 0 Å². The van der Waals surface area contributed by atoms with Crippen molar-refractivity contribution in [3.8, 4) is 6.07 Å². The van der Waals surface area contributed by atoms with Gasteiger partial charge in [-0.3, -0.25) is 14.3 Å². The van der Waals surface area contributed by atoms with Gasteiger partial charge in [0.05, 0.1) is 11.6 Å². The Morgan fingerprint density at radius 3 is 2.72 bits per heavy atom. The number of nitrogens with one attached hydrogen (secondary N) is 1. The Hall–Kier alpha value is -3.17. The third-order valence-electron chi connectivity index (χ3n) is 3.74. The molecule has 7 heteroatoms. The molecule has 1 atom stereocenters. The Morgan fingerprint density at radius 2 is 2.00 bits per heavy atom. The van der Waals surface area contributed by atoms with Gasteiger partial charge in [0.2, 0.25) is 11.7 Å². The van der Waals surface area contributed by atoms with E-state index in [4.69, 9.17) is 11.6 Å². The van der Waals surface area contributed by atoms with Crippen LogP contribution >= 0.6 is 11.6 Å². The fraction of sp³-hybridized carbons (Fsp3) is 0.111. The summed E-state index contributed by atoms with van der Waals surface area (Å²) in [5, 5.41) is 17.1. The lowest BCUT2D eigenvalue weighted by Gasteiger charge is -2.09. The summed E-state index contributed by atoms with van der Waals surface area (Å²) in [6.07, 6.45) is 0. The predicted octanol–water partition coefficient (Wildman–Crippen LogP) is 3.19. The fourth-order valence-electron chi connectivity index (χ4n) is 2.55. The Bertz CT molecular complexity index is 1020. The number of ketones is 1. The molecule has 0 spiro atoms. The minimum absolute atomic E-state index is 0.103. The molecule has 124 valence electrons. The molecule has 1 heterocycles. The molecule has 0 fully saturated rings. The molecule has 1 aromatic heterocycles. The summed E-state index contributed by atoms with van der Waals surface area (Å²) in [6, 6.07) is 15.4. The maximum absolute atomic E-state index is 12.7. The highest BCUT2D eigenvalue weighted by Gasteiger charge is 2.31. The monoisotopic (exact) mass is 352 g/mol. The molecular formula is C18H13ClN4O2. The second kappa shape index (κ2) is 6.75. The first-order valence-electron chi connectivity index (χ1n) is 7.43. The standard InChI is InChI=1S/C18H13ClN4O2/c1-23-15-8-3-2-7-13(15)16(22-23)17(24)14(10-20)18(25)21-12-6-4-5-11(19)9-12/h2-9,14H,1H3,(H,21,25). The number of benzene rings is 2. The van der Waals surface area contributed by atoms with E-state index in [9.17, 15) is 14.9 Å². The summed E-state index contributed by atoms with van der Waals surface area (Å²) in [7, 11) is 1.70.